The summed E-state index contributed by atoms with van der Waals surface area (Å²) in [6, 6.07) is 8.07. The molecule has 4 heteroatoms. The van der Waals surface area contributed by atoms with Crippen LogP contribution in [0.15, 0.2) is 24.3 Å². The number of amides is 1. The van der Waals surface area contributed by atoms with Crippen molar-refractivity contribution in [3.05, 3.63) is 35.4 Å². The van der Waals surface area contributed by atoms with Crippen molar-refractivity contribution in [1.82, 2.24) is 10.2 Å². The smallest absolute Gasteiger partial charge is 0.226 e. The third-order valence-electron chi connectivity index (χ3n) is 4.22. The van der Waals surface area contributed by atoms with Gasteiger partial charge in [0.05, 0.1) is 5.41 Å². The van der Waals surface area contributed by atoms with E-state index in [1.54, 1.807) is 7.05 Å². The van der Waals surface area contributed by atoms with Gasteiger partial charge in [-0.3, -0.25) is 9.69 Å². The highest BCUT2D eigenvalue weighted by molar-refractivity contribution is 5.82. The van der Waals surface area contributed by atoms with Gasteiger partial charge in [-0.05, 0) is 44.0 Å². The molecule has 2 N–H and O–H groups in total. The lowest BCUT2D eigenvalue weighted by atomic mass is 9.81. The minimum absolute atomic E-state index is 0.117. The monoisotopic (exact) mass is 300 g/mol. The summed E-state index contributed by atoms with van der Waals surface area (Å²) in [6.45, 7) is 4.59. The number of carbonyl (C=O) groups is 1. The van der Waals surface area contributed by atoms with Crippen LogP contribution in [0.1, 0.15) is 30.9 Å². The maximum atomic E-state index is 12.1. The van der Waals surface area contributed by atoms with E-state index in [9.17, 15) is 4.79 Å². The minimum atomic E-state index is -0.292. The summed E-state index contributed by atoms with van der Waals surface area (Å²) in [5.41, 5.74) is 1.84. The zero-order valence-corrected chi connectivity index (χ0v) is 13.4. The number of carbonyl (C=O) groups excluding carboxylic acids is 1. The molecule has 1 saturated heterocycles. The third kappa shape index (κ3) is 4.09. The molecule has 0 saturated carbocycles. The molecular formula is C18H24N2O2. The van der Waals surface area contributed by atoms with Crippen molar-refractivity contribution in [3.8, 4) is 11.8 Å². The van der Waals surface area contributed by atoms with Crippen LogP contribution >= 0.6 is 0 Å². The number of aliphatic hydroxyl groups excluding tert-OH is 1. The summed E-state index contributed by atoms with van der Waals surface area (Å²) < 4.78 is 0. The van der Waals surface area contributed by atoms with Crippen molar-refractivity contribution >= 4 is 5.91 Å². The number of hydrogen-bond donors (Lipinski definition) is 2. The average Bonchev–Trinajstić information content (AvgIpc) is 2.53. The first-order valence-electron chi connectivity index (χ1n) is 7.70. The maximum Gasteiger partial charge on any atom is 0.226 e. The molecule has 1 aliphatic rings. The Hall–Kier alpha value is -1.83. The van der Waals surface area contributed by atoms with Crippen molar-refractivity contribution in [2.75, 3.05) is 26.7 Å². The van der Waals surface area contributed by atoms with Gasteiger partial charge in [0.25, 0.3) is 0 Å². The molecule has 0 spiro atoms. The van der Waals surface area contributed by atoms with Gasteiger partial charge < -0.3 is 10.4 Å². The zero-order chi connectivity index (χ0) is 16.0. The molecule has 1 aromatic carbocycles. The minimum Gasteiger partial charge on any atom is -0.384 e. The number of nitrogens with zero attached hydrogens (tertiary/aromatic N) is 1. The highest BCUT2D eigenvalue weighted by atomic mass is 16.2. The van der Waals surface area contributed by atoms with Crippen molar-refractivity contribution in [1.29, 1.82) is 0 Å². The van der Waals surface area contributed by atoms with Crippen LogP contribution in [0.5, 0.6) is 0 Å². The molecule has 1 unspecified atom stereocenters. The zero-order valence-electron chi connectivity index (χ0n) is 13.4. The average molecular weight is 300 g/mol. The van der Waals surface area contributed by atoms with Crippen molar-refractivity contribution < 1.29 is 9.90 Å². The molecule has 1 aromatic rings. The number of likely N-dealkylation sites (tertiary alicyclic amines) is 1. The predicted molar refractivity (Wildman–Crippen MR) is 87.1 cm³/mol. The van der Waals surface area contributed by atoms with E-state index in [0.29, 0.717) is 0 Å². The number of nitrogens with one attached hydrogen (secondary N) is 1. The summed E-state index contributed by atoms with van der Waals surface area (Å²) in [4.78, 5) is 14.4. The molecule has 1 atom stereocenters. The van der Waals surface area contributed by atoms with Gasteiger partial charge >= 0.3 is 0 Å². The largest absolute Gasteiger partial charge is 0.384 e. The molecule has 0 bridgehead atoms. The second-order valence-corrected chi connectivity index (χ2v) is 6.11. The van der Waals surface area contributed by atoms with E-state index in [1.165, 1.54) is 5.56 Å². The highest BCUT2D eigenvalue weighted by Crippen LogP contribution is 2.30. The van der Waals surface area contributed by atoms with Crippen LogP contribution in [0.25, 0.3) is 0 Å². The quantitative estimate of drug-likeness (QED) is 0.829. The Morgan fingerprint density at radius 1 is 1.41 bits per heavy atom. The van der Waals surface area contributed by atoms with Crippen molar-refractivity contribution in [3.63, 3.8) is 0 Å². The fourth-order valence-electron chi connectivity index (χ4n) is 3.06. The van der Waals surface area contributed by atoms with Crippen molar-refractivity contribution in [2.24, 2.45) is 5.41 Å². The lowest BCUT2D eigenvalue weighted by Gasteiger charge is -2.39. The summed E-state index contributed by atoms with van der Waals surface area (Å²) in [7, 11) is 1.71. The summed E-state index contributed by atoms with van der Waals surface area (Å²) in [5.74, 6) is 5.67. The Labute approximate surface area is 132 Å². The van der Waals surface area contributed by atoms with Crippen LogP contribution in [0.3, 0.4) is 0 Å². The molecule has 0 radical (unpaired) electrons. The van der Waals surface area contributed by atoms with E-state index in [4.69, 9.17) is 5.11 Å². The number of hydrogen-bond acceptors (Lipinski definition) is 3. The van der Waals surface area contributed by atoms with Crippen LogP contribution < -0.4 is 5.32 Å². The molecular weight excluding hydrogens is 276 g/mol. The van der Waals surface area contributed by atoms with Crippen LogP contribution in [-0.4, -0.2) is 42.7 Å². The van der Waals surface area contributed by atoms with E-state index in [2.05, 4.69) is 34.2 Å². The SMILES string of the molecule is CNC(=O)C1(C)CCCN(Cc2ccc(C#CCO)cc2)C1. The Balaban J connectivity index is 2.00. The second kappa shape index (κ2) is 7.44. The van der Waals surface area contributed by atoms with Gasteiger partial charge in [0.15, 0.2) is 0 Å². The molecule has 1 aliphatic heterocycles. The molecule has 2 rings (SSSR count). The van der Waals surface area contributed by atoms with Crippen LogP contribution in [-0.2, 0) is 11.3 Å². The van der Waals surface area contributed by atoms with E-state index in [-0.39, 0.29) is 17.9 Å². The first-order valence-corrected chi connectivity index (χ1v) is 7.70. The van der Waals surface area contributed by atoms with E-state index >= 15 is 0 Å². The van der Waals surface area contributed by atoms with Gasteiger partial charge in [-0.2, -0.15) is 0 Å². The molecule has 1 amide bonds. The molecule has 0 aromatic heterocycles. The molecule has 0 aliphatic carbocycles. The van der Waals surface area contributed by atoms with Gasteiger partial charge in [-0.1, -0.05) is 24.0 Å². The van der Waals surface area contributed by atoms with Crippen LogP contribution in [0.4, 0.5) is 0 Å². The van der Waals surface area contributed by atoms with Gasteiger partial charge in [0, 0.05) is 25.7 Å². The topological polar surface area (TPSA) is 52.6 Å². The Morgan fingerprint density at radius 2 is 2.14 bits per heavy atom. The number of benzene rings is 1. The first-order chi connectivity index (χ1) is 10.6. The predicted octanol–water partition coefficient (Wildman–Crippen LogP) is 1.38. The fraction of sp³-hybridized carbons (Fsp3) is 0.500. The number of rotatable bonds is 3. The fourth-order valence-corrected chi connectivity index (χ4v) is 3.06. The van der Waals surface area contributed by atoms with Gasteiger partial charge in [0.1, 0.15) is 6.61 Å². The van der Waals surface area contributed by atoms with Gasteiger partial charge in [0.2, 0.25) is 5.91 Å². The second-order valence-electron chi connectivity index (χ2n) is 6.11. The molecule has 1 fully saturated rings. The third-order valence-corrected chi connectivity index (χ3v) is 4.22. The number of piperidine rings is 1. The summed E-state index contributed by atoms with van der Waals surface area (Å²) in [6.07, 6.45) is 1.99. The molecule has 22 heavy (non-hydrogen) atoms. The Kier molecular flexibility index (Phi) is 5.59. The van der Waals surface area contributed by atoms with E-state index in [0.717, 1.165) is 38.0 Å². The lowest BCUT2D eigenvalue weighted by molar-refractivity contribution is -0.132. The molecule has 4 nitrogen and oxygen atoms in total. The van der Waals surface area contributed by atoms with Gasteiger partial charge in [-0.25, -0.2) is 0 Å². The first kappa shape index (κ1) is 16.5. The number of aliphatic hydroxyl groups is 1. The maximum absolute atomic E-state index is 12.1. The van der Waals surface area contributed by atoms with Crippen molar-refractivity contribution in [2.45, 2.75) is 26.3 Å². The Morgan fingerprint density at radius 3 is 2.77 bits per heavy atom. The highest BCUT2D eigenvalue weighted by Gasteiger charge is 2.36. The lowest BCUT2D eigenvalue weighted by Crippen LogP contribution is -2.49. The summed E-state index contributed by atoms with van der Waals surface area (Å²) >= 11 is 0. The van der Waals surface area contributed by atoms with Crippen LogP contribution in [0, 0.1) is 17.3 Å². The summed E-state index contributed by atoms with van der Waals surface area (Å²) in [5, 5.41) is 11.5. The van der Waals surface area contributed by atoms with E-state index < -0.39 is 0 Å². The van der Waals surface area contributed by atoms with Gasteiger partial charge in [-0.15, -0.1) is 0 Å². The standard InChI is InChI=1S/C18H24N2O2/c1-18(17(22)19-2)10-4-11-20(14-18)13-16-8-6-15(7-9-16)5-3-12-21/h6-9,21H,4,10-14H2,1-2H3,(H,19,22). The normalized spacial score (nSPS) is 21.8. The molecule has 1 heterocycles. The van der Waals surface area contributed by atoms with Crippen LogP contribution in [0.2, 0.25) is 0 Å². The molecule has 118 valence electrons. The Bertz CT molecular complexity index is 571. The van der Waals surface area contributed by atoms with E-state index in [1.807, 2.05) is 19.1 Å².